The van der Waals surface area contributed by atoms with Gasteiger partial charge in [-0.25, -0.2) is 0 Å². The Balaban J connectivity index is 1.98. The molecule has 0 spiro atoms. The third-order valence-electron chi connectivity index (χ3n) is 3.97. The maximum Gasteiger partial charge on any atom is 0.257 e. The second kappa shape index (κ2) is 9.25. The topological polar surface area (TPSA) is 64.8 Å². The molecule has 2 rings (SSSR count). The Kier molecular flexibility index (Phi) is 7.34. The number of piperidine rings is 1. The minimum atomic E-state index is -0.0337. The Morgan fingerprint density at radius 3 is 2.71 bits per heavy atom. The molecule has 0 radical (unpaired) electrons. The molecule has 1 aromatic carbocycles. The fourth-order valence-corrected chi connectivity index (χ4v) is 2.93. The van der Waals surface area contributed by atoms with Crippen LogP contribution in [0.15, 0.2) is 18.2 Å². The maximum absolute atomic E-state index is 12.9. The molecule has 1 aliphatic rings. The van der Waals surface area contributed by atoms with Crippen molar-refractivity contribution < 1.29 is 14.3 Å². The van der Waals surface area contributed by atoms with Crippen molar-refractivity contribution >= 4 is 17.5 Å². The molecular formula is C18H27ClN2O3. The molecule has 5 nitrogen and oxygen atoms in total. The Morgan fingerprint density at radius 2 is 2.08 bits per heavy atom. The molecule has 1 saturated heterocycles. The largest absolute Gasteiger partial charge is 0.490 e. The maximum atomic E-state index is 12.9. The third-order valence-corrected chi connectivity index (χ3v) is 4.20. The van der Waals surface area contributed by atoms with Crippen LogP contribution in [0.5, 0.6) is 5.75 Å². The van der Waals surface area contributed by atoms with E-state index in [-0.39, 0.29) is 18.1 Å². The van der Waals surface area contributed by atoms with Gasteiger partial charge in [-0.1, -0.05) is 11.6 Å². The molecule has 1 amide bonds. The highest BCUT2D eigenvalue weighted by molar-refractivity contribution is 6.31. The molecule has 0 saturated carbocycles. The van der Waals surface area contributed by atoms with E-state index in [9.17, 15) is 4.79 Å². The first kappa shape index (κ1) is 19.0. The quantitative estimate of drug-likeness (QED) is 0.764. The summed E-state index contributed by atoms with van der Waals surface area (Å²) in [5.74, 6) is 0.550. The lowest BCUT2D eigenvalue weighted by molar-refractivity contribution is 0.00834. The van der Waals surface area contributed by atoms with Crippen LogP contribution in [0.1, 0.15) is 43.5 Å². The fourth-order valence-electron chi connectivity index (χ4n) is 2.76. The van der Waals surface area contributed by atoms with Gasteiger partial charge in [-0.15, -0.1) is 0 Å². The Labute approximate surface area is 149 Å². The molecule has 134 valence electrons. The minimum Gasteiger partial charge on any atom is -0.490 e. The van der Waals surface area contributed by atoms with E-state index in [1.54, 1.807) is 18.2 Å². The van der Waals surface area contributed by atoms with Crippen LogP contribution < -0.4 is 10.5 Å². The van der Waals surface area contributed by atoms with E-state index in [1.807, 2.05) is 18.7 Å². The van der Waals surface area contributed by atoms with Crippen LogP contribution in [0.25, 0.3) is 0 Å². The van der Waals surface area contributed by atoms with Gasteiger partial charge in [0, 0.05) is 24.7 Å². The summed E-state index contributed by atoms with van der Waals surface area (Å²) in [6, 6.07) is 5.19. The second-order valence-corrected chi connectivity index (χ2v) is 6.75. The smallest absolute Gasteiger partial charge is 0.257 e. The lowest BCUT2D eigenvalue weighted by Gasteiger charge is -2.32. The molecule has 1 heterocycles. The number of carbonyl (C=O) groups excluding carboxylic acids is 1. The van der Waals surface area contributed by atoms with E-state index < -0.39 is 0 Å². The summed E-state index contributed by atoms with van der Waals surface area (Å²) in [4.78, 5) is 14.7. The molecule has 1 aromatic rings. The number of nitrogens with zero attached hydrogens (tertiary/aromatic N) is 1. The van der Waals surface area contributed by atoms with Crippen molar-refractivity contribution in [1.29, 1.82) is 0 Å². The van der Waals surface area contributed by atoms with Crippen molar-refractivity contribution in [1.82, 2.24) is 4.90 Å². The number of rotatable bonds is 7. The lowest BCUT2D eigenvalue weighted by atomic mass is 10.1. The van der Waals surface area contributed by atoms with Gasteiger partial charge in [-0.2, -0.15) is 0 Å². The fraction of sp³-hybridized carbons (Fsp3) is 0.611. The van der Waals surface area contributed by atoms with Gasteiger partial charge in [-0.05, 0) is 57.9 Å². The van der Waals surface area contributed by atoms with Gasteiger partial charge >= 0.3 is 0 Å². The highest BCUT2D eigenvalue weighted by Gasteiger charge is 2.26. The molecule has 0 atom stereocenters. The van der Waals surface area contributed by atoms with E-state index in [4.69, 9.17) is 26.8 Å². The number of benzene rings is 1. The van der Waals surface area contributed by atoms with Gasteiger partial charge in [0.1, 0.15) is 5.75 Å². The van der Waals surface area contributed by atoms with Crippen LogP contribution in [0.2, 0.25) is 5.02 Å². The summed E-state index contributed by atoms with van der Waals surface area (Å²) in [6.07, 6.45) is 2.78. The molecule has 1 aliphatic heterocycles. The summed E-state index contributed by atoms with van der Waals surface area (Å²) >= 11 is 6.07. The van der Waals surface area contributed by atoms with Crippen molar-refractivity contribution in [3.05, 3.63) is 28.8 Å². The number of hydrogen-bond acceptors (Lipinski definition) is 4. The summed E-state index contributed by atoms with van der Waals surface area (Å²) in [7, 11) is 0. The Bertz CT molecular complexity index is 543. The van der Waals surface area contributed by atoms with Crippen LogP contribution in [-0.4, -0.2) is 49.3 Å². The number of carbonyl (C=O) groups is 1. The predicted molar refractivity (Wildman–Crippen MR) is 95.8 cm³/mol. The Hall–Kier alpha value is -1.30. The zero-order chi connectivity index (χ0) is 17.5. The zero-order valence-electron chi connectivity index (χ0n) is 14.5. The zero-order valence-corrected chi connectivity index (χ0v) is 15.2. The summed E-state index contributed by atoms with van der Waals surface area (Å²) in [5.41, 5.74) is 6.00. The molecule has 0 aliphatic carbocycles. The number of likely N-dealkylation sites (tertiary alicyclic amines) is 1. The van der Waals surface area contributed by atoms with Gasteiger partial charge in [0.25, 0.3) is 5.91 Å². The standard InChI is InChI=1S/C18H27ClN2O3/c1-13(2)24-17-5-4-14(19)12-16(17)18(22)21-9-6-15(7-10-21)23-11-3-8-20/h4-5,12-13,15H,3,6-11,20H2,1-2H3. The number of hydrogen-bond donors (Lipinski definition) is 1. The molecule has 2 N–H and O–H groups in total. The van der Waals surface area contributed by atoms with Crippen LogP contribution in [-0.2, 0) is 4.74 Å². The number of ether oxygens (including phenoxy) is 2. The number of nitrogens with two attached hydrogens (primary N) is 1. The Morgan fingerprint density at radius 1 is 1.38 bits per heavy atom. The number of amides is 1. The molecule has 6 heteroatoms. The summed E-state index contributed by atoms with van der Waals surface area (Å²) < 4.78 is 11.5. The predicted octanol–water partition coefficient (Wildman–Crippen LogP) is 3.10. The first-order chi connectivity index (χ1) is 11.5. The van der Waals surface area contributed by atoms with Gasteiger partial charge in [0.2, 0.25) is 0 Å². The molecule has 0 bridgehead atoms. The average Bonchev–Trinajstić information content (AvgIpc) is 2.56. The van der Waals surface area contributed by atoms with E-state index in [2.05, 4.69) is 0 Å². The average molecular weight is 355 g/mol. The highest BCUT2D eigenvalue weighted by atomic mass is 35.5. The normalized spacial score (nSPS) is 15.8. The van der Waals surface area contributed by atoms with E-state index in [0.29, 0.717) is 42.6 Å². The van der Waals surface area contributed by atoms with Crippen LogP contribution in [0, 0.1) is 0 Å². The van der Waals surface area contributed by atoms with Crippen LogP contribution in [0.4, 0.5) is 0 Å². The summed E-state index contributed by atoms with van der Waals surface area (Å²) in [6.45, 7) is 6.57. The number of halogens is 1. The third kappa shape index (κ3) is 5.36. The first-order valence-electron chi connectivity index (χ1n) is 8.58. The summed E-state index contributed by atoms with van der Waals surface area (Å²) in [5, 5.41) is 0.537. The molecule has 1 fully saturated rings. The second-order valence-electron chi connectivity index (χ2n) is 6.31. The van der Waals surface area contributed by atoms with Gasteiger partial charge < -0.3 is 20.1 Å². The van der Waals surface area contributed by atoms with Gasteiger partial charge in [0.15, 0.2) is 0 Å². The van der Waals surface area contributed by atoms with Crippen LogP contribution >= 0.6 is 11.6 Å². The van der Waals surface area contributed by atoms with Crippen LogP contribution in [0.3, 0.4) is 0 Å². The van der Waals surface area contributed by atoms with Crippen molar-refractivity contribution in [2.45, 2.75) is 45.3 Å². The van der Waals surface area contributed by atoms with E-state index >= 15 is 0 Å². The molecule has 0 unspecified atom stereocenters. The first-order valence-corrected chi connectivity index (χ1v) is 8.96. The van der Waals surface area contributed by atoms with Gasteiger partial charge in [0.05, 0.1) is 17.8 Å². The molecule has 24 heavy (non-hydrogen) atoms. The monoisotopic (exact) mass is 354 g/mol. The van der Waals surface area contributed by atoms with Crippen molar-refractivity contribution in [2.24, 2.45) is 5.73 Å². The van der Waals surface area contributed by atoms with Crippen molar-refractivity contribution in [3.8, 4) is 5.75 Å². The molecule has 0 aromatic heterocycles. The molecular weight excluding hydrogens is 328 g/mol. The SMILES string of the molecule is CC(C)Oc1ccc(Cl)cc1C(=O)N1CCC(OCCCN)CC1. The van der Waals surface area contributed by atoms with E-state index in [0.717, 1.165) is 19.3 Å². The van der Waals surface area contributed by atoms with Gasteiger partial charge in [-0.3, -0.25) is 4.79 Å². The highest BCUT2D eigenvalue weighted by Crippen LogP contribution is 2.27. The minimum absolute atomic E-state index is 0.000549. The van der Waals surface area contributed by atoms with Crippen molar-refractivity contribution in [2.75, 3.05) is 26.2 Å². The van der Waals surface area contributed by atoms with E-state index in [1.165, 1.54) is 0 Å². The lowest BCUT2D eigenvalue weighted by Crippen LogP contribution is -2.41. The van der Waals surface area contributed by atoms with Crippen molar-refractivity contribution in [3.63, 3.8) is 0 Å².